The molecule has 0 radical (unpaired) electrons. The number of hydrogen-bond acceptors (Lipinski definition) is 1. The summed E-state index contributed by atoms with van der Waals surface area (Å²) < 4.78 is 14.0. The Morgan fingerprint density at radius 2 is 1.90 bits per heavy atom. The van der Waals surface area contributed by atoms with Gasteiger partial charge in [-0.25, -0.2) is 4.39 Å². The smallest absolute Gasteiger partial charge is 0.126 e. The van der Waals surface area contributed by atoms with Crippen molar-refractivity contribution in [1.82, 2.24) is 5.32 Å². The van der Waals surface area contributed by atoms with Crippen molar-refractivity contribution >= 4 is 0 Å². The van der Waals surface area contributed by atoms with Crippen LogP contribution in [0.1, 0.15) is 64.4 Å². The molecule has 1 aromatic rings. The molecule has 1 rings (SSSR count). The van der Waals surface area contributed by atoms with Crippen LogP contribution in [0.15, 0.2) is 24.3 Å². The molecule has 0 bridgehead atoms. The van der Waals surface area contributed by atoms with Crippen LogP contribution in [-0.2, 0) is 0 Å². The van der Waals surface area contributed by atoms with E-state index in [4.69, 9.17) is 0 Å². The Morgan fingerprint density at radius 3 is 2.50 bits per heavy atom. The molecule has 0 saturated heterocycles. The average molecular weight is 279 g/mol. The molecule has 0 fully saturated rings. The lowest BCUT2D eigenvalue weighted by Crippen LogP contribution is -2.23. The summed E-state index contributed by atoms with van der Waals surface area (Å²) in [5, 5.41) is 3.39. The molecule has 2 atom stereocenters. The van der Waals surface area contributed by atoms with Crippen LogP contribution in [0.25, 0.3) is 0 Å². The number of rotatable bonds is 10. The summed E-state index contributed by atoms with van der Waals surface area (Å²) >= 11 is 0. The average Bonchev–Trinajstić information content (AvgIpc) is 2.47. The zero-order valence-electron chi connectivity index (χ0n) is 13.3. The molecule has 2 heteroatoms. The van der Waals surface area contributed by atoms with Gasteiger partial charge in [0.25, 0.3) is 0 Å². The Balaban J connectivity index is 2.75. The number of likely N-dealkylation sites (N-methyl/N-ethyl adjacent to an activating group) is 1. The Kier molecular flexibility index (Phi) is 8.52. The quantitative estimate of drug-likeness (QED) is 0.626. The minimum atomic E-state index is -0.0549. The van der Waals surface area contributed by atoms with Crippen molar-refractivity contribution in [2.75, 3.05) is 13.1 Å². The van der Waals surface area contributed by atoms with Gasteiger partial charge in [0.05, 0.1) is 0 Å². The van der Waals surface area contributed by atoms with E-state index in [1.807, 2.05) is 12.1 Å². The molecule has 1 N–H and O–H groups in total. The summed E-state index contributed by atoms with van der Waals surface area (Å²) in [5.41, 5.74) is 0.878. The van der Waals surface area contributed by atoms with E-state index in [9.17, 15) is 4.39 Å². The van der Waals surface area contributed by atoms with Gasteiger partial charge in [-0.3, -0.25) is 0 Å². The van der Waals surface area contributed by atoms with Gasteiger partial charge < -0.3 is 5.32 Å². The number of hydrogen-bond donors (Lipinski definition) is 1. The lowest BCUT2D eigenvalue weighted by atomic mass is 9.84. The van der Waals surface area contributed by atoms with Crippen molar-refractivity contribution in [2.45, 2.75) is 58.8 Å². The molecule has 1 nitrogen and oxygen atoms in total. The third kappa shape index (κ3) is 5.62. The maximum absolute atomic E-state index is 14.0. The molecule has 0 spiro atoms. The van der Waals surface area contributed by atoms with Gasteiger partial charge in [-0.2, -0.15) is 0 Å². The van der Waals surface area contributed by atoms with E-state index in [2.05, 4.69) is 26.1 Å². The van der Waals surface area contributed by atoms with Gasteiger partial charge in [0.15, 0.2) is 0 Å². The third-order valence-corrected chi connectivity index (χ3v) is 4.15. The first kappa shape index (κ1) is 17.2. The zero-order valence-corrected chi connectivity index (χ0v) is 13.3. The SMILES string of the molecule is CCCCC(CC)CC(CNCC)c1ccccc1F. The van der Waals surface area contributed by atoms with Crippen LogP contribution >= 0.6 is 0 Å². The lowest BCUT2D eigenvalue weighted by Gasteiger charge is -2.24. The fraction of sp³-hybridized carbons (Fsp3) is 0.667. The van der Waals surface area contributed by atoms with Crippen LogP contribution in [0.5, 0.6) is 0 Å². The van der Waals surface area contributed by atoms with Gasteiger partial charge in [0.2, 0.25) is 0 Å². The molecule has 1 aromatic carbocycles. The number of unbranched alkanes of at least 4 members (excludes halogenated alkanes) is 1. The minimum absolute atomic E-state index is 0.0549. The summed E-state index contributed by atoms with van der Waals surface area (Å²) in [4.78, 5) is 0. The minimum Gasteiger partial charge on any atom is -0.316 e. The van der Waals surface area contributed by atoms with Gasteiger partial charge in [-0.15, -0.1) is 0 Å². The van der Waals surface area contributed by atoms with Crippen molar-refractivity contribution in [2.24, 2.45) is 5.92 Å². The molecule has 2 unspecified atom stereocenters. The van der Waals surface area contributed by atoms with Gasteiger partial charge in [0.1, 0.15) is 5.82 Å². The first-order valence-corrected chi connectivity index (χ1v) is 8.17. The first-order chi connectivity index (χ1) is 9.72. The highest BCUT2D eigenvalue weighted by molar-refractivity contribution is 5.22. The largest absolute Gasteiger partial charge is 0.316 e. The Hall–Kier alpha value is -0.890. The highest BCUT2D eigenvalue weighted by atomic mass is 19.1. The molecule has 20 heavy (non-hydrogen) atoms. The second-order valence-electron chi connectivity index (χ2n) is 5.68. The van der Waals surface area contributed by atoms with Crippen LogP contribution in [0.4, 0.5) is 4.39 Å². The predicted molar refractivity (Wildman–Crippen MR) is 85.6 cm³/mol. The van der Waals surface area contributed by atoms with Crippen molar-refractivity contribution in [3.8, 4) is 0 Å². The standard InChI is InChI=1S/C18H30FN/c1-4-7-10-15(5-2)13-16(14-20-6-3)17-11-8-9-12-18(17)19/h8-9,11-12,15-16,20H,4-7,10,13-14H2,1-3H3. The van der Waals surface area contributed by atoms with Gasteiger partial charge >= 0.3 is 0 Å². The molecular weight excluding hydrogens is 249 g/mol. The second-order valence-corrected chi connectivity index (χ2v) is 5.68. The van der Waals surface area contributed by atoms with E-state index in [-0.39, 0.29) is 11.7 Å². The van der Waals surface area contributed by atoms with Crippen molar-refractivity contribution in [3.05, 3.63) is 35.6 Å². The van der Waals surface area contributed by atoms with E-state index in [0.29, 0.717) is 5.92 Å². The molecule has 0 saturated carbocycles. The maximum atomic E-state index is 14.0. The van der Waals surface area contributed by atoms with Crippen LogP contribution < -0.4 is 5.32 Å². The lowest BCUT2D eigenvalue weighted by molar-refractivity contribution is 0.372. The molecule has 0 aliphatic heterocycles. The van der Waals surface area contributed by atoms with Gasteiger partial charge in [-0.05, 0) is 36.4 Å². The third-order valence-electron chi connectivity index (χ3n) is 4.15. The van der Waals surface area contributed by atoms with E-state index in [0.717, 1.165) is 25.1 Å². The van der Waals surface area contributed by atoms with Crippen LogP contribution in [0, 0.1) is 11.7 Å². The summed E-state index contributed by atoms with van der Waals surface area (Å²) in [6.45, 7) is 8.41. The summed E-state index contributed by atoms with van der Waals surface area (Å²) in [5.74, 6) is 0.942. The van der Waals surface area contributed by atoms with Gasteiger partial charge in [0, 0.05) is 6.54 Å². The monoisotopic (exact) mass is 279 g/mol. The van der Waals surface area contributed by atoms with Crippen molar-refractivity contribution in [1.29, 1.82) is 0 Å². The second kappa shape index (κ2) is 9.93. The van der Waals surface area contributed by atoms with Crippen LogP contribution in [0.2, 0.25) is 0 Å². The Labute approximate surface area is 124 Å². The molecular formula is C18H30FN. The summed E-state index contributed by atoms with van der Waals surface area (Å²) in [6.07, 6.45) is 6.07. The molecule has 0 aliphatic carbocycles. The number of nitrogens with one attached hydrogen (secondary N) is 1. The molecule has 0 heterocycles. The van der Waals surface area contributed by atoms with E-state index in [1.54, 1.807) is 12.1 Å². The fourth-order valence-electron chi connectivity index (χ4n) is 2.83. The van der Waals surface area contributed by atoms with Crippen molar-refractivity contribution < 1.29 is 4.39 Å². The predicted octanol–water partition coefficient (Wildman–Crippen LogP) is 5.13. The van der Waals surface area contributed by atoms with E-state index < -0.39 is 0 Å². The van der Waals surface area contributed by atoms with Crippen molar-refractivity contribution in [3.63, 3.8) is 0 Å². The maximum Gasteiger partial charge on any atom is 0.126 e. The number of benzene rings is 1. The zero-order chi connectivity index (χ0) is 14.8. The van der Waals surface area contributed by atoms with Crippen LogP contribution in [0.3, 0.4) is 0 Å². The highest BCUT2D eigenvalue weighted by Gasteiger charge is 2.19. The topological polar surface area (TPSA) is 12.0 Å². The molecule has 114 valence electrons. The Bertz CT molecular complexity index is 364. The highest BCUT2D eigenvalue weighted by Crippen LogP contribution is 2.29. The Morgan fingerprint density at radius 1 is 1.15 bits per heavy atom. The molecule has 0 amide bonds. The van der Waals surface area contributed by atoms with E-state index in [1.165, 1.54) is 25.7 Å². The molecule has 0 aliphatic rings. The fourth-order valence-corrected chi connectivity index (χ4v) is 2.83. The van der Waals surface area contributed by atoms with Crippen LogP contribution in [-0.4, -0.2) is 13.1 Å². The first-order valence-electron chi connectivity index (χ1n) is 8.17. The number of halogens is 1. The summed E-state index contributed by atoms with van der Waals surface area (Å²) in [6, 6.07) is 7.26. The summed E-state index contributed by atoms with van der Waals surface area (Å²) in [7, 11) is 0. The van der Waals surface area contributed by atoms with E-state index >= 15 is 0 Å². The van der Waals surface area contributed by atoms with Gasteiger partial charge in [-0.1, -0.05) is 64.7 Å². The normalized spacial score (nSPS) is 14.2. The molecule has 0 aromatic heterocycles.